The van der Waals surface area contributed by atoms with Crippen LogP contribution in [0.1, 0.15) is 55.8 Å². The highest BCUT2D eigenvalue weighted by Crippen LogP contribution is 2.26. The van der Waals surface area contributed by atoms with Crippen LogP contribution in [-0.4, -0.2) is 0 Å². The largest absolute Gasteiger partial charge is 0.324 e. The van der Waals surface area contributed by atoms with Gasteiger partial charge in [-0.15, -0.1) is 0 Å². The minimum absolute atomic E-state index is 0.199. The Morgan fingerprint density at radius 2 is 1.75 bits per heavy atom. The highest BCUT2D eigenvalue weighted by molar-refractivity contribution is 5.35. The van der Waals surface area contributed by atoms with Gasteiger partial charge in [-0.2, -0.15) is 0 Å². The van der Waals surface area contributed by atoms with E-state index in [1.165, 1.54) is 29.5 Å². The minimum Gasteiger partial charge on any atom is -0.324 e. The summed E-state index contributed by atoms with van der Waals surface area (Å²) in [4.78, 5) is 0. The second-order valence-electron chi connectivity index (χ2n) is 4.81. The van der Waals surface area contributed by atoms with Crippen LogP contribution in [0.15, 0.2) is 18.2 Å². The van der Waals surface area contributed by atoms with Crippen LogP contribution in [-0.2, 0) is 0 Å². The molecule has 0 aliphatic rings. The molecular formula is C15H25N. The standard InChI is InChI=1S/C15H25N/c1-5-13(6-2)10-15(16)14-9-7-8-11(3)12(14)4/h7-9,13,15H,5-6,10,16H2,1-4H3. The minimum atomic E-state index is 0.199. The Morgan fingerprint density at radius 1 is 1.12 bits per heavy atom. The van der Waals surface area contributed by atoms with E-state index >= 15 is 0 Å². The summed E-state index contributed by atoms with van der Waals surface area (Å²) in [6, 6.07) is 6.65. The summed E-state index contributed by atoms with van der Waals surface area (Å²) in [5.41, 5.74) is 10.3. The molecule has 1 rings (SSSR count). The first-order valence-electron chi connectivity index (χ1n) is 6.41. The lowest BCUT2D eigenvalue weighted by Crippen LogP contribution is -2.16. The molecular weight excluding hydrogens is 194 g/mol. The lowest BCUT2D eigenvalue weighted by Gasteiger charge is -2.21. The molecule has 0 saturated carbocycles. The number of hydrogen-bond acceptors (Lipinski definition) is 1. The number of hydrogen-bond donors (Lipinski definition) is 1. The van der Waals surface area contributed by atoms with E-state index in [0.29, 0.717) is 0 Å². The van der Waals surface area contributed by atoms with Crippen molar-refractivity contribution in [3.05, 3.63) is 34.9 Å². The van der Waals surface area contributed by atoms with Gasteiger partial charge < -0.3 is 5.73 Å². The lowest BCUT2D eigenvalue weighted by atomic mass is 9.89. The van der Waals surface area contributed by atoms with Gasteiger partial charge in [-0.25, -0.2) is 0 Å². The first-order chi connectivity index (χ1) is 7.60. The fraction of sp³-hybridized carbons (Fsp3) is 0.600. The predicted molar refractivity (Wildman–Crippen MR) is 71.5 cm³/mol. The van der Waals surface area contributed by atoms with Crippen molar-refractivity contribution in [1.29, 1.82) is 0 Å². The number of rotatable bonds is 5. The Balaban J connectivity index is 2.80. The molecule has 0 saturated heterocycles. The maximum absolute atomic E-state index is 6.32. The van der Waals surface area contributed by atoms with Gasteiger partial charge in [0.25, 0.3) is 0 Å². The maximum Gasteiger partial charge on any atom is 0.0300 e. The fourth-order valence-corrected chi connectivity index (χ4v) is 2.28. The molecule has 0 aliphatic heterocycles. The van der Waals surface area contributed by atoms with Crippen LogP contribution in [0.5, 0.6) is 0 Å². The zero-order valence-electron chi connectivity index (χ0n) is 11.1. The zero-order chi connectivity index (χ0) is 12.1. The molecule has 0 spiro atoms. The molecule has 1 aromatic carbocycles. The molecule has 90 valence electrons. The Morgan fingerprint density at radius 3 is 2.31 bits per heavy atom. The second kappa shape index (κ2) is 6.05. The van der Waals surface area contributed by atoms with E-state index in [1.54, 1.807) is 0 Å². The SMILES string of the molecule is CCC(CC)CC(N)c1cccc(C)c1C. The molecule has 1 atom stereocenters. The van der Waals surface area contributed by atoms with E-state index in [2.05, 4.69) is 45.9 Å². The normalized spacial score (nSPS) is 13.1. The Hall–Kier alpha value is -0.820. The highest BCUT2D eigenvalue weighted by atomic mass is 14.6. The molecule has 1 nitrogen and oxygen atoms in total. The van der Waals surface area contributed by atoms with Crippen molar-refractivity contribution < 1.29 is 0 Å². The summed E-state index contributed by atoms with van der Waals surface area (Å²) in [6.45, 7) is 8.84. The Bertz CT molecular complexity index is 326. The Labute approximate surface area is 100 Å². The van der Waals surface area contributed by atoms with Crippen molar-refractivity contribution in [2.45, 2.75) is 53.0 Å². The molecule has 2 N–H and O–H groups in total. The van der Waals surface area contributed by atoms with Gasteiger partial charge in [0.15, 0.2) is 0 Å². The maximum atomic E-state index is 6.32. The second-order valence-corrected chi connectivity index (χ2v) is 4.81. The van der Waals surface area contributed by atoms with Gasteiger partial charge in [0.05, 0.1) is 0 Å². The van der Waals surface area contributed by atoms with Crippen molar-refractivity contribution in [2.75, 3.05) is 0 Å². The topological polar surface area (TPSA) is 26.0 Å². The highest BCUT2D eigenvalue weighted by Gasteiger charge is 2.14. The first-order valence-corrected chi connectivity index (χ1v) is 6.41. The summed E-state index contributed by atoms with van der Waals surface area (Å²) in [5.74, 6) is 0.759. The van der Waals surface area contributed by atoms with Gasteiger partial charge in [0, 0.05) is 6.04 Å². The Kier molecular flexibility index (Phi) is 5.01. The lowest BCUT2D eigenvalue weighted by molar-refractivity contribution is 0.414. The summed E-state index contributed by atoms with van der Waals surface area (Å²) in [6.07, 6.45) is 3.57. The van der Waals surface area contributed by atoms with Gasteiger partial charge in [-0.05, 0) is 42.9 Å². The van der Waals surface area contributed by atoms with Crippen LogP contribution < -0.4 is 5.73 Å². The summed E-state index contributed by atoms with van der Waals surface area (Å²) in [7, 11) is 0. The van der Waals surface area contributed by atoms with Crippen LogP contribution in [0.2, 0.25) is 0 Å². The summed E-state index contributed by atoms with van der Waals surface area (Å²) >= 11 is 0. The van der Waals surface area contributed by atoms with E-state index in [0.717, 1.165) is 12.3 Å². The van der Waals surface area contributed by atoms with Crippen molar-refractivity contribution in [2.24, 2.45) is 11.7 Å². The average molecular weight is 219 g/mol. The third-order valence-electron chi connectivity index (χ3n) is 3.79. The third kappa shape index (κ3) is 3.08. The van der Waals surface area contributed by atoms with Crippen LogP contribution in [0, 0.1) is 19.8 Å². The van der Waals surface area contributed by atoms with Crippen LogP contribution in [0.25, 0.3) is 0 Å². The van der Waals surface area contributed by atoms with Crippen LogP contribution in [0.3, 0.4) is 0 Å². The van der Waals surface area contributed by atoms with Gasteiger partial charge >= 0.3 is 0 Å². The molecule has 0 aliphatic carbocycles. The summed E-state index contributed by atoms with van der Waals surface area (Å²) in [5, 5.41) is 0. The van der Waals surface area contributed by atoms with Crippen molar-refractivity contribution in [3.63, 3.8) is 0 Å². The van der Waals surface area contributed by atoms with Gasteiger partial charge in [-0.3, -0.25) is 0 Å². The van der Waals surface area contributed by atoms with Gasteiger partial charge in [0.1, 0.15) is 0 Å². The number of nitrogens with two attached hydrogens (primary N) is 1. The first kappa shape index (κ1) is 13.2. The van der Waals surface area contributed by atoms with Crippen molar-refractivity contribution in [1.82, 2.24) is 0 Å². The van der Waals surface area contributed by atoms with Crippen LogP contribution in [0.4, 0.5) is 0 Å². The molecule has 1 aromatic rings. The number of benzene rings is 1. The monoisotopic (exact) mass is 219 g/mol. The predicted octanol–water partition coefficient (Wildman–Crippen LogP) is 4.13. The molecule has 16 heavy (non-hydrogen) atoms. The van der Waals surface area contributed by atoms with E-state index in [4.69, 9.17) is 5.73 Å². The molecule has 0 amide bonds. The average Bonchev–Trinajstić information content (AvgIpc) is 2.29. The quantitative estimate of drug-likeness (QED) is 0.791. The third-order valence-corrected chi connectivity index (χ3v) is 3.79. The zero-order valence-corrected chi connectivity index (χ0v) is 11.1. The van der Waals surface area contributed by atoms with Crippen molar-refractivity contribution >= 4 is 0 Å². The van der Waals surface area contributed by atoms with Gasteiger partial charge in [-0.1, -0.05) is 44.9 Å². The molecule has 0 bridgehead atoms. The van der Waals surface area contributed by atoms with E-state index < -0.39 is 0 Å². The summed E-state index contributed by atoms with van der Waals surface area (Å²) < 4.78 is 0. The number of aryl methyl sites for hydroxylation is 1. The molecule has 1 unspecified atom stereocenters. The molecule has 0 radical (unpaired) electrons. The van der Waals surface area contributed by atoms with E-state index in [9.17, 15) is 0 Å². The van der Waals surface area contributed by atoms with Gasteiger partial charge in [0.2, 0.25) is 0 Å². The van der Waals surface area contributed by atoms with Crippen LogP contribution >= 0.6 is 0 Å². The molecule has 0 aromatic heterocycles. The van der Waals surface area contributed by atoms with E-state index in [1.807, 2.05) is 0 Å². The molecule has 0 fully saturated rings. The molecule has 0 heterocycles. The molecule has 1 heteroatoms. The van der Waals surface area contributed by atoms with E-state index in [-0.39, 0.29) is 6.04 Å². The fourth-order valence-electron chi connectivity index (χ4n) is 2.28. The van der Waals surface area contributed by atoms with Crippen molar-refractivity contribution in [3.8, 4) is 0 Å². The smallest absolute Gasteiger partial charge is 0.0300 e.